The molecule has 0 aliphatic rings. The highest BCUT2D eigenvalue weighted by molar-refractivity contribution is 6.09. The van der Waals surface area contributed by atoms with E-state index in [0.29, 0.717) is 16.7 Å². The summed E-state index contributed by atoms with van der Waals surface area (Å²) in [6, 6.07) is 15.3. The van der Waals surface area contributed by atoms with Crippen molar-refractivity contribution < 1.29 is 14.4 Å². The number of amides is 2. The summed E-state index contributed by atoms with van der Waals surface area (Å²) < 4.78 is 0. The Hall–Kier alpha value is -3.21. The van der Waals surface area contributed by atoms with Crippen LogP contribution in [0, 0.1) is 0 Å². The maximum absolute atomic E-state index is 12.3. The fourth-order valence-electron chi connectivity index (χ4n) is 1.91. The molecule has 0 aromatic heterocycles. The molecule has 2 aromatic carbocycles. The molecule has 0 aliphatic carbocycles. The molecule has 0 radical (unpaired) electrons. The maximum Gasteiger partial charge on any atom is 0.252 e. The maximum atomic E-state index is 12.3. The Labute approximate surface area is 134 Å². The van der Waals surface area contributed by atoms with Crippen molar-refractivity contribution in [1.29, 1.82) is 0 Å². The van der Waals surface area contributed by atoms with Crippen LogP contribution in [0.1, 0.15) is 26.3 Å². The van der Waals surface area contributed by atoms with E-state index in [4.69, 9.17) is 0 Å². The van der Waals surface area contributed by atoms with Crippen LogP contribution in [0.3, 0.4) is 0 Å². The first-order valence-electron chi connectivity index (χ1n) is 7.00. The summed E-state index contributed by atoms with van der Waals surface area (Å²) in [5, 5.41) is 4.98. The van der Waals surface area contributed by atoms with Crippen molar-refractivity contribution in [3.8, 4) is 0 Å². The van der Waals surface area contributed by atoms with Gasteiger partial charge in [0.1, 0.15) is 0 Å². The Morgan fingerprint density at radius 2 is 1.39 bits per heavy atom. The van der Waals surface area contributed by atoms with Crippen LogP contribution in [0.5, 0.6) is 0 Å². The number of ketones is 1. The largest absolute Gasteiger partial charge is 0.335 e. The third kappa shape index (κ3) is 4.38. The fourth-order valence-corrected chi connectivity index (χ4v) is 1.91. The van der Waals surface area contributed by atoms with Crippen LogP contribution in [-0.4, -0.2) is 24.3 Å². The summed E-state index contributed by atoms with van der Waals surface area (Å²) in [5.41, 5.74) is 1.51. The monoisotopic (exact) mass is 308 g/mol. The van der Waals surface area contributed by atoms with Gasteiger partial charge in [-0.15, -0.1) is 0 Å². The molecule has 0 heterocycles. The third-order valence-electron chi connectivity index (χ3n) is 3.14. The highest BCUT2D eigenvalue weighted by Crippen LogP contribution is 2.11. The number of benzene rings is 2. The third-order valence-corrected chi connectivity index (χ3v) is 3.14. The topological polar surface area (TPSA) is 75.3 Å². The molecule has 0 spiro atoms. The van der Waals surface area contributed by atoms with E-state index in [9.17, 15) is 14.4 Å². The van der Waals surface area contributed by atoms with Gasteiger partial charge in [0.05, 0.1) is 6.67 Å². The van der Waals surface area contributed by atoms with E-state index in [1.54, 1.807) is 48.5 Å². The minimum absolute atomic E-state index is 0.00832. The zero-order chi connectivity index (χ0) is 16.7. The molecule has 2 N–H and O–H groups in total. The Kier molecular flexibility index (Phi) is 5.41. The van der Waals surface area contributed by atoms with Gasteiger partial charge in [-0.3, -0.25) is 14.4 Å². The van der Waals surface area contributed by atoms with Crippen LogP contribution in [0.25, 0.3) is 0 Å². The molecule has 2 aromatic rings. The molecule has 0 aliphatic heterocycles. The van der Waals surface area contributed by atoms with Crippen LogP contribution in [-0.2, 0) is 4.79 Å². The molecule has 0 saturated carbocycles. The first kappa shape index (κ1) is 16.2. The molecule has 116 valence electrons. The van der Waals surface area contributed by atoms with E-state index < -0.39 is 0 Å². The summed E-state index contributed by atoms with van der Waals surface area (Å²) >= 11 is 0. The summed E-state index contributed by atoms with van der Waals surface area (Å²) in [7, 11) is 0. The molecular weight excluding hydrogens is 292 g/mol. The smallest absolute Gasteiger partial charge is 0.252 e. The summed E-state index contributed by atoms with van der Waals surface area (Å²) in [6.45, 7) is 3.32. The van der Waals surface area contributed by atoms with Crippen molar-refractivity contribution in [3.05, 3.63) is 83.9 Å². The van der Waals surface area contributed by atoms with Crippen LogP contribution >= 0.6 is 0 Å². The van der Waals surface area contributed by atoms with Gasteiger partial charge in [0.15, 0.2) is 5.78 Å². The van der Waals surface area contributed by atoms with Gasteiger partial charge in [-0.05, 0) is 18.2 Å². The van der Waals surface area contributed by atoms with Gasteiger partial charge in [-0.2, -0.15) is 0 Å². The van der Waals surface area contributed by atoms with Crippen molar-refractivity contribution in [2.75, 3.05) is 6.67 Å². The van der Waals surface area contributed by atoms with E-state index in [-0.39, 0.29) is 24.3 Å². The number of hydrogen-bond donors (Lipinski definition) is 2. The molecule has 5 heteroatoms. The quantitative estimate of drug-likeness (QED) is 0.486. The summed E-state index contributed by atoms with van der Waals surface area (Å²) in [5.74, 6) is -0.807. The highest BCUT2D eigenvalue weighted by atomic mass is 16.2. The van der Waals surface area contributed by atoms with Gasteiger partial charge in [0, 0.05) is 16.7 Å². The normalized spacial score (nSPS) is 9.74. The van der Waals surface area contributed by atoms with Crippen LogP contribution in [0.4, 0.5) is 0 Å². The lowest BCUT2D eigenvalue weighted by molar-refractivity contribution is -0.116. The van der Waals surface area contributed by atoms with Crippen molar-refractivity contribution in [2.24, 2.45) is 0 Å². The molecule has 0 fully saturated rings. The summed E-state index contributed by atoms with van der Waals surface area (Å²) in [4.78, 5) is 35.1. The second-order valence-corrected chi connectivity index (χ2v) is 4.70. The van der Waals surface area contributed by atoms with Crippen LogP contribution < -0.4 is 10.6 Å². The van der Waals surface area contributed by atoms with Crippen molar-refractivity contribution in [2.45, 2.75) is 0 Å². The molecule has 0 unspecified atom stereocenters. The average Bonchev–Trinajstić information content (AvgIpc) is 2.61. The minimum Gasteiger partial charge on any atom is -0.335 e. The Morgan fingerprint density at radius 3 is 2.00 bits per heavy atom. The Morgan fingerprint density at radius 1 is 0.826 bits per heavy atom. The molecule has 2 rings (SSSR count). The lowest BCUT2D eigenvalue weighted by Crippen LogP contribution is -2.36. The van der Waals surface area contributed by atoms with Gasteiger partial charge < -0.3 is 10.6 Å². The van der Waals surface area contributed by atoms with Crippen molar-refractivity contribution in [3.63, 3.8) is 0 Å². The number of nitrogens with one attached hydrogen (secondary N) is 2. The molecule has 0 bridgehead atoms. The van der Waals surface area contributed by atoms with E-state index in [2.05, 4.69) is 17.2 Å². The second kappa shape index (κ2) is 7.70. The molecule has 0 saturated heterocycles. The Balaban J connectivity index is 1.99. The van der Waals surface area contributed by atoms with Gasteiger partial charge in [-0.1, -0.05) is 49.0 Å². The zero-order valence-electron chi connectivity index (χ0n) is 12.4. The van der Waals surface area contributed by atoms with Crippen molar-refractivity contribution >= 4 is 17.6 Å². The summed E-state index contributed by atoms with van der Waals surface area (Å²) in [6.07, 6.45) is 1.12. The molecule has 0 atom stereocenters. The standard InChI is InChI=1S/C18H16N2O3/c1-2-16(21)19-12-20-18(23)15-10-8-14(9-11-15)17(22)13-6-4-3-5-7-13/h2-11H,1,12H2,(H,19,21)(H,20,23). The van der Waals surface area contributed by atoms with Gasteiger partial charge in [0.2, 0.25) is 5.91 Å². The van der Waals surface area contributed by atoms with Crippen LogP contribution in [0.2, 0.25) is 0 Å². The molecule has 5 nitrogen and oxygen atoms in total. The molecule has 23 heavy (non-hydrogen) atoms. The average molecular weight is 308 g/mol. The number of carbonyl (C=O) groups excluding carboxylic acids is 3. The number of rotatable bonds is 6. The predicted octanol–water partition coefficient (Wildman–Crippen LogP) is 1.91. The first-order chi connectivity index (χ1) is 11.1. The second-order valence-electron chi connectivity index (χ2n) is 4.70. The first-order valence-corrected chi connectivity index (χ1v) is 7.00. The number of carbonyl (C=O) groups is 3. The van der Waals surface area contributed by atoms with Gasteiger partial charge in [0.25, 0.3) is 5.91 Å². The lowest BCUT2D eigenvalue weighted by atomic mass is 10.0. The van der Waals surface area contributed by atoms with E-state index in [1.807, 2.05) is 6.07 Å². The number of hydrogen-bond acceptors (Lipinski definition) is 3. The molecular formula is C18H16N2O3. The van der Waals surface area contributed by atoms with Crippen LogP contribution in [0.15, 0.2) is 67.3 Å². The highest BCUT2D eigenvalue weighted by Gasteiger charge is 2.10. The van der Waals surface area contributed by atoms with Gasteiger partial charge in [-0.25, -0.2) is 0 Å². The predicted molar refractivity (Wildman–Crippen MR) is 87.0 cm³/mol. The lowest BCUT2D eigenvalue weighted by Gasteiger charge is -2.06. The van der Waals surface area contributed by atoms with E-state index in [0.717, 1.165) is 6.08 Å². The minimum atomic E-state index is -0.367. The van der Waals surface area contributed by atoms with Crippen molar-refractivity contribution in [1.82, 2.24) is 10.6 Å². The van der Waals surface area contributed by atoms with E-state index >= 15 is 0 Å². The van der Waals surface area contributed by atoms with E-state index in [1.165, 1.54) is 0 Å². The zero-order valence-corrected chi connectivity index (χ0v) is 12.4. The Bertz CT molecular complexity index is 722. The fraction of sp³-hybridized carbons (Fsp3) is 0.0556. The molecule has 2 amide bonds. The van der Waals surface area contributed by atoms with Gasteiger partial charge >= 0.3 is 0 Å². The SMILES string of the molecule is C=CC(=O)NCNC(=O)c1ccc(C(=O)c2ccccc2)cc1.